The Morgan fingerprint density at radius 1 is 1.35 bits per heavy atom. The van der Waals surface area contributed by atoms with Gasteiger partial charge in [0, 0.05) is 6.42 Å². The van der Waals surface area contributed by atoms with E-state index in [9.17, 15) is 14.7 Å². The zero-order chi connectivity index (χ0) is 23.0. The molecule has 0 radical (unpaired) electrons. The van der Waals surface area contributed by atoms with Gasteiger partial charge in [-0.1, -0.05) is 36.2 Å². The van der Waals surface area contributed by atoms with Gasteiger partial charge in [-0.25, -0.2) is 9.79 Å². The summed E-state index contributed by atoms with van der Waals surface area (Å²) in [6, 6.07) is 3.23. The fourth-order valence-corrected chi connectivity index (χ4v) is 3.91. The van der Waals surface area contributed by atoms with Gasteiger partial charge in [-0.15, -0.1) is 6.42 Å². The van der Waals surface area contributed by atoms with Crippen LogP contribution in [0.3, 0.4) is 0 Å². The van der Waals surface area contributed by atoms with Gasteiger partial charge in [-0.05, 0) is 37.1 Å². The number of benzene rings is 1. The summed E-state index contributed by atoms with van der Waals surface area (Å²) in [7, 11) is 1.45. The maximum absolute atomic E-state index is 12.4. The minimum atomic E-state index is -0.757. The number of carbonyl (C=O) groups excluding carboxylic acids is 2. The molecule has 0 saturated carbocycles. The molecule has 1 N–H and O–H groups in total. The van der Waals surface area contributed by atoms with Crippen molar-refractivity contribution >= 4 is 46.4 Å². The SMILES string of the molecule is C#CCOc1c(Cl)cc(/C=C2\SC(=NC(=O)CCC)C(C(=O)OCC)=C2O)cc1OC. The number of aliphatic hydroxyl groups excluding tert-OH is 1. The van der Waals surface area contributed by atoms with Crippen molar-refractivity contribution in [3.05, 3.63) is 39.0 Å². The molecule has 1 heterocycles. The largest absolute Gasteiger partial charge is 0.506 e. The van der Waals surface area contributed by atoms with E-state index in [1.54, 1.807) is 25.1 Å². The Labute approximate surface area is 190 Å². The van der Waals surface area contributed by atoms with Crippen molar-refractivity contribution in [3.8, 4) is 23.8 Å². The number of methoxy groups -OCH3 is 1. The number of nitrogens with zero attached hydrogens (tertiary/aromatic N) is 1. The number of hydrogen-bond acceptors (Lipinski definition) is 7. The Morgan fingerprint density at radius 2 is 2.10 bits per heavy atom. The molecule has 2 rings (SSSR count). The zero-order valence-electron chi connectivity index (χ0n) is 17.4. The van der Waals surface area contributed by atoms with Crippen LogP contribution >= 0.6 is 23.4 Å². The summed E-state index contributed by atoms with van der Waals surface area (Å²) in [6.45, 7) is 3.62. The lowest BCUT2D eigenvalue weighted by atomic mass is 10.1. The molecule has 164 valence electrons. The van der Waals surface area contributed by atoms with Gasteiger partial charge in [0.15, 0.2) is 11.5 Å². The monoisotopic (exact) mass is 463 g/mol. The van der Waals surface area contributed by atoms with Gasteiger partial charge in [0.1, 0.15) is 23.0 Å². The first-order chi connectivity index (χ1) is 14.9. The molecule has 1 aromatic carbocycles. The van der Waals surface area contributed by atoms with E-state index >= 15 is 0 Å². The number of ether oxygens (including phenoxy) is 3. The lowest BCUT2D eigenvalue weighted by Gasteiger charge is -2.12. The summed E-state index contributed by atoms with van der Waals surface area (Å²) < 4.78 is 15.7. The van der Waals surface area contributed by atoms with Crippen LogP contribution in [0, 0.1) is 12.3 Å². The fourth-order valence-electron chi connectivity index (χ4n) is 2.60. The summed E-state index contributed by atoms with van der Waals surface area (Å²) in [5.41, 5.74) is 0.419. The van der Waals surface area contributed by atoms with E-state index in [-0.39, 0.29) is 46.9 Å². The topological polar surface area (TPSA) is 94.4 Å². The zero-order valence-corrected chi connectivity index (χ0v) is 18.9. The van der Waals surface area contributed by atoms with Gasteiger partial charge < -0.3 is 19.3 Å². The van der Waals surface area contributed by atoms with Gasteiger partial charge in [0.2, 0.25) is 5.91 Å². The Kier molecular flexibility index (Phi) is 9.03. The van der Waals surface area contributed by atoms with E-state index in [4.69, 9.17) is 32.2 Å². The maximum Gasteiger partial charge on any atom is 0.344 e. The highest BCUT2D eigenvalue weighted by Gasteiger charge is 2.33. The van der Waals surface area contributed by atoms with E-state index in [0.29, 0.717) is 28.4 Å². The highest BCUT2D eigenvalue weighted by atomic mass is 35.5. The highest BCUT2D eigenvalue weighted by molar-refractivity contribution is 8.18. The molecular formula is C22H22ClNO6S. The third-order valence-corrected chi connectivity index (χ3v) is 5.21. The van der Waals surface area contributed by atoms with Crippen molar-refractivity contribution in [1.29, 1.82) is 0 Å². The molecule has 0 atom stereocenters. The maximum atomic E-state index is 12.4. The molecular weight excluding hydrogens is 442 g/mol. The van der Waals surface area contributed by atoms with Gasteiger partial charge >= 0.3 is 5.97 Å². The Hall–Kier alpha value is -2.89. The second-order valence-electron chi connectivity index (χ2n) is 6.14. The fraction of sp³-hybridized carbons (Fsp3) is 0.318. The molecule has 7 nitrogen and oxygen atoms in total. The summed E-state index contributed by atoms with van der Waals surface area (Å²) in [5.74, 6) is 1.52. The molecule has 0 spiro atoms. The van der Waals surface area contributed by atoms with E-state index in [2.05, 4.69) is 10.9 Å². The van der Waals surface area contributed by atoms with Crippen LogP contribution in [0.1, 0.15) is 32.3 Å². The van der Waals surface area contributed by atoms with E-state index < -0.39 is 5.97 Å². The molecule has 0 aromatic heterocycles. The summed E-state index contributed by atoms with van der Waals surface area (Å²) in [6.07, 6.45) is 7.65. The molecule has 1 aliphatic rings. The van der Waals surface area contributed by atoms with Crippen LogP contribution in [0.2, 0.25) is 5.02 Å². The van der Waals surface area contributed by atoms with Gasteiger partial charge in [-0.3, -0.25) is 4.79 Å². The third-order valence-electron chi connectivity index (χ3n) is 3.91. The molecule has 1 aromatic rings. The number of thioether (sulfide) groups is 1. The molecule has 31 heavy (non-hydrogen) atoms. The van der Waals surface area contributed by atoms with Crippen molar-refractivity contribution in [1.82, 2.24) is 0 Å². The van der Waals surface area contributed by atoms with Crippen molar-refractivity contribution in [3.63, 3.8) is 0 Å². The molecule has 0 bridgehead atoms. The first-order valence-electron chi connectivity index (χ1n) is 9.42. The van der Waals surface area contributed by atoms with Crippen LogP contribution < -0.4 is 9.47 Å². The first kappa shape index (κ1) is 24.4. The minimum absolute atomic E-state index is 0.0183. The number of carbonyl (C=O) groups is 2. The normalized spacial score (nSPS) is 15.8. The lowest BCUT2D eigenvalue weighted by molar-refractivity contribution is -0.138. The molecule has 1 aliphatic heterocycles. The number of rotatable bonds is 8. The molecule has 0 unspecified atom stereocenters. The van der Waals surface area contributed by atoms with Crippen molar-refractivity contribution in [2.75, 3.05) is 20.3 Å². The summed E-state index contributed by atoms with van der Waals surface area (Å²) in [4.78, 5) is 28.7. The number of hydrogen-bond donors (Lipinski definition) is 1. The van der Waals surface area contributed by atoms with E-state index in [0.717, 1.165) is 11.8 Å². The number of halogens is 1. The Balaban J connectivity index is 2.50. The molecule has 0 aliphatic carbocycles. The number of amides is 1. The third kappa shape index (κ3) is 6.06. The van der Waals surface area contributed by atoms with Crippen LogP contribution in [-0.4, -0.2) is 42.4 Å². The average Bonchev–Trinajstić information content (AvgIpc) is 3.01. The highest BCUT2D eigenvalue weighted by Crippen LogP contribution is 2.41. The number of terminal acetylenes is 1. The molecule has 9 heteroatoms. The van der Waals surface area contributed by atoms with Crippen LogP contribution in [0.15, 0.2) is 33.4 Å². The smallest absolute Gasteiger partial charge is 0.344 e. The summed E-state index contributed by atoms with van der Waals surface area (Å²) >= 11 is 7.29. The molecule has 0 saturated heterocycles. The van der Waals surface area contributed by atoms with Gasteiger partial charge in [0.25, 0.3) is 0 Å². The summed E-state index contributed by atoms with van der Waals surface area (Å²) in [5, 5.41) is 11.0. The van der Waals surface area contributed by atoms with Crippen LogP contribution in [-0.2, 0) is 14.3 Å². The second kappa shape index (κ2) is 11.5. The van der Waals surface area contributed by atoms with Gasteiger partial charge in [0.05, 0.1) is 23.6 Å². The minimum Gasteiger partial charge on any atom is -0.506 e. The number of esters is 1. The molecule has 0 fully saturated rings. The van der Waals surface area contributed by atoms with Crippen LogP contribution in [0.4, 0.5) is 0 Å². The standard InChI is InChI=1S/C22H22ClNO6S/c1-5-8-17(25)24-21-18(22(27)29-7-3)19(26)16(31-21)12-13-10-14(23)20(30-9-6-2)15(11-13)28-4/h2,10-12,26H,5,7-9H2,1,3-4H3/b16-12-,24-21?. The Bertz CT molecular complexity index is 1010. The molecule has 1 amide bonds. The van der Waals surface area contributed by atoms with Gasteiger partial charge in [-0.2, -0.15) is 0 Å². The first-order valence-corrected chi connectivity index (χ1v) is 10.6. The average molecular weight is 464 g/mol. The predicted octanol–water partition coefficient (Wildman–Crippen LogP) is 4.55. The van der Waals surface area contributed by atoms with Crippen LogP contribution in [0.25, 0.3) is 6.08 Å². The van der Waals surface area contributed by atoms with Crippen molar-refractivity contribution in [2.45, 2.75) is 26.7 Å². The van der Waals surface area contributed by atoms with Crippen LogP contribution in [0.5, 0.6) is 11.5 Å². The quantitative estimate of drug-likeness (QED) is 0.446. The number of aliphatic imine (C=N–C) groups is 1. The second-order valence-corrected chi connectivity index (χ2v) is 7.58. The van der Waals surface area contributed by atoms with E-state index in [1.807, 2.05) is 6.92 Å². The Morgan fingerprint density at radius 3 is 2.71 bits per heavy atom. The lowest BCUT2D eigenvalue weighted by Crippen LogP contribution is -2.14. The number of aliphatic hydroxyl groups is 1. The van der Waals surface area contributed by atoms with E-state index in [1.165, 1.54) is 7.11 Å². The predicted molar refractivity (Wildman–Crippen MR) is 122 cm³/mol. The van der Waals surface area contributed by atoms with Crippen molar-refractivity contribution in [2.24, 2.45) is 4.99 Å². The van der Waals surface area contributed by atoms with Crippen molar-refractivity contribution < 1.29 is 28.9 Å².